The maximum absolute atomic E-state index is 12.6. The van der Waals surface area contributed by atoms with Crippen molar-refractivity contribution in [1.29, 1.82) is 0 Å². The average Bonchev–Trinajstić information content (AvgIpc) is 2.72. The molecule has 1 amide bonds. The number of alkyl halides is 1. The normalized spacial score (nSPS) is 20.7. The van der Waals surface area contributed by atoms with E-state index in [4.69, 9.17) is 4.74 Å². The van der Waals surface area contributed by atoms with E-state index < -0.39 is 6.67 Å². The molecule has 0 saturated heterocycles. The Kier molecular flexibility index (Phi) is 9.65. The molecule has 28 heavy (non-hydrogen) atoms. The van der Waals surface area contributed by atoms with Crippen molar-refractivity contribution in [2.75, 3.05) is 13.6 Å². The predicted molar refractivity (Wildman–Crippen MR) is 112 cm³/mol. The summed E-state index contributed by atoms with van der Waals surface area (Å²) in [4.78, 5) is 14.6. The summed E-state index contributed by atoms with van der Waals surface area (Å²) in [5.74, 6) is -0.0821. The smallest absolute Gasteiger partial charge is 0.251 e. The van der Waals surface area contributed by atoms with Crippen molar-refractivity contribution < 1.29 is 13.9 Å². The molecule has 1 atom stereocenters. The molecule has 1 saturated carbocycles. The van der Waals surface area contributed by atoms with Gasteiger partial charge in [-0.2, -0.15) is 0 Å². The molecular formula is C23H35FN2O2. The lowest BCUT2D eigenvalue weighted by Crippen LogP contribution is -2.42. The van der Waals surface area contributed by atoms with Crippen LogP contribution in [0.4, 0.5) is 4.39 Å². The molecule has 1 N–H and O–H groups in total. The van der Waals surface area contributed by atoms with Crippen LogP contribution in [0.2, 0.25) is 0 Å². The molecule has 1 unspecified atom stereocenters. The van der Waals surface area contributed by atoms with Gasteiger partial charge in [0.1, 0.15) is 12.9 Å². The highest BCUT2D eigenvalue weighted by molar-refractivity contribution is 5.94. The van der Waals surface area contributed by atoms with E-state index in [1.165, 1.54) is 0 Å². The van der Waals surface area contributed by atoms with E-state index >= 15 is 0 Å². The fourth-order valence-corrected chi connectivity index (χ4v) is 3.67. The van der Waals surface area contributed by atoms with E-state index in [2.05, 4.69) is 30.8 Å². The monoisotopic (exact) mass is 390 g/mol. The van der Waals surface area contributed by atoms with Crippen molar-refractivity contribution in [2.45, 2.75) is 76.9 Å². The summed E-state index contributed by atoms with van der Waals surface area (Å²) in [6.45, 7) is 6.34. The fourth-order valence-electron chi connectivity index (χ4n) is 3.67. The van der Waals surface area contributed by atoms with E-state index in [1.807, 2.05) is 6.08 Å². The highest BCUT2D eigenvalue weighted by Gasteiger charge is 2.26. The summed E-state index contributed by atoms with van der Waals surface area (Å²) in [7, 11) is 2.09. The second-order valence-electron chi connectivity index (χ2n) is 7.74. The predicted octanol–water partition coefficient (Wildman–Crippen LogP) is 4.85. The first-order chi connectivity index (χ1) is 13.6. The van der Waals surface area contributed by atoms with Gasteiger partial charge in [-0.3, -0.25) is 9.69 Å². The molecule has 4 nitrogen and oxygen atoms in total. The number of benzene rings is 1. The summed E-state index contributed by atoms with van der Waals surface area (Å²) < 4.78 is 19.0. The molecule has 1 aliphatic rings. The number of likely N-dealkylation sites (N-methyl/N-ethyl adjacent to an activating group) is 1. The Labute approximate surface area is 169 Å². The molecular weight excluding hydrogens is 355 g/mol. The molecule has 0 aliphatic heterocycles. The van der Waals surface area contributed by atoms with Crippen LogP contribution in [0.25, 0.3) is 0 Å². The van der Waals surface area contributed by atoms with Gasteiger partial charge in [-0.1, -0.05) is 31.6 Å². The van der Waals surface area contributed by atoms with Crippen LogP contribution in [0.5, 0.6) is 0 Å². The van der Waals surface area contributed by atoms with Crippen molar-refractivity contribution in [3.8, 4) is 0 Å². The molecule has 1 fully saturated rings. The van der Waals surface area contributed by atoms with Gasteiger partial charge in [0.05, 0.1) is 6.10 Å². The van der Waals surface area contributed by atoms with Crippen LogP contribution in [0.15, 0.2) is 36.9 Å². The van der Waals surface area contributed by atoms with Crippen LogP contribution < -0.4 is 5.32 Å². The number of hydrogen-bond acceptors (Lipinski definition) is 3. The molecule has 0 bridgehead atoms. The first kappa shape index (κ1) is 22.6. The van der Waals surface area contributed by atoms with Gasteiger partial charge in [0.2, 0.25) is 0 Å². The van der Waals surface area contributed by atoms with Crippen LogP contribution >= 0.6 is 0 Å². The van der Waals surface area contributed by atoms with E-state index in [1.54, 1.807) is 24.3 Å². The van der Waals surface area contributed by atoms with E-state index in [9.17, 15) is 9.18 Å². The average molecular weight is 391 g/mol. The van der Waals surface area contributed by atoms with Crippen LogP contribution in [0.3, 0.4) is 0 Å². The van der Waals surface area contributed by atoms with Crippen molar-refractivity contribution in [2.24, 2.45) is 0 Å². The number of rotatable bonds is 11. The Hall–Kier alpha value is -1.72. The summed E-state index contributed by atoms with van der Waals surface area (Å²) >= 11 is 0. The minimum atomic E-state index is -0.507. The molecule has 156 valence electrons. The van der Waals surface area contributed by atoms with E-state index in [0.717, 1.165) is 51.5 Å². The lowest BCUT2D eigenvalue weighted by Gasteiger charge is -2.35. The number of ether oxygens (including phenoxy) is 1. The number of carbonyl (C=O) groups is 1. The molecule has 1 aromatic rings. The van der Waals surface area contributed by atoms with Crippen molar-refractivity contribution in [3.63, 3.8) is 0 Å². The summed E-state index contributed by atoms with van der Waals surface area (Å²) in [5.41, 5.74) is 1.18. The van der Waals surface area contributed by atoms with Crippen LogP contribution in [-0.4, -0.2) is 42.8 Å². The highest BCUT2D eigenvalue weighted by atomic mass is 19.1. The Morgan fingerprint density at radius 1 is 1.32 bits per heavy atom. The molecule has 0 spiro atoms. The largest absolute Gasteiger partial charge is 0.360 e. The summed E-state index contributed by atoms with van der Waals surface area (Å²) in [6, 6.07) is 6.87. The number of nitrogens with one attached hydrogen (secondary N) is 1. The van der Waals surface area contributed by atoms with Gasteiger partial charge in [0, 0.05) is 18.2 Å². The number of unbranched alkanes of at least 4 members (excludes halogenated alkanes) is 1. The third-order valence-corrected chi connectivity index (χ3v) is 5.44. The molecule has 0 heterocycles. The van der Waals surface area contributed by atoms with Gasteiger partial charge in [-0.25, -0.2) is 4.39 Å². The second-order valence-corrected chi connectivity index (χ2v) is 7.74. The standard InChI is InChI=1S/C23H35FN2O2/c1-4-6-7-22(26(3)16-5-2)28-21-14-12-20(13-15-21)25-23(27)19-10-8-18(17-24)9-11-19/h5,8-11,20-22H,2,4,6-7,12-17H2,1,3H3,(H,25,27). The Balaban J connectivity index is 1.80. The first-order valence-electron chi connectivity index (χ1n) is 10.5. The number of hydrogen-bond donors (Lipinski definition) is 1. The number of amides is 1. The maximum Gasteiger partial charge on any atom is 0.251 e. The quantitative estimate of drug-likeness (QED) is 0.434. The summed E-state index contributed by atoms with van der Waals surface area (Å²) in [6.07, 6.45) is 9.38. The first-order valence-corrected chi connectivity index (χ1v) is 10.5. The van der Waals surface area contributed by atoms with Gasteiger partial charge < -0.3 is 10.1 Å². The minimum absolute atomic E-state index is 0.0821. The van der Waals surface area contributed by atoms with Crippen LogP contribution in [0, 0.1) is 0 Å². The zero-order valence-corrected chi connectivity index (χ0v) is 17.3. The third-order valence-electron chi connectivity index (χ3n) is 5.44. The zero-order valence-electron chi connectivity index (χ0n) is 17.3. The van der Waals surface area contributed by atoms with Gasteiger partial charge in [0.15, 0.2) is 0 Å². The highest BCUT2D eigenvalue weighted by Crippen LogP contribution is 2.24. The Bertz CT molecular complexity index is 597. The summed E-state index contributed by atoms with van der Waals surface area (Å²) in [5, 5.41) is 3.11. The molecule has 2 rings (SSSR count). The Morgan fingerprint density at radius 3 is 2.57 bits per heavy atom. The van der Waals surface area contributed by atoms with Crippen LogP contribution in [-0.2, 0) is 11.4 Å². The van der Waals surface area contributed by atoms with E-state index in [0.29, 0.717) is 11.1 Å². The zero-order chi connectivity index (χ0) is 20.4. The van der Waals surface area contributed by atoms with Gasteiger partial charge in [0.25, 0.3) is 5.91 Å². The van der Waals surface area contributed by atoms with Gasteiger partial charge in [-0.15, -0.1) is 6.58 Å². The topological polar surface area (TPSA) is 41.6 Å². The van der Waals surface area contributed by atoms with Crippen molar-refractivity contribution in [1.82, 2.24) is 10.2 Å². The lowest BCUT2D eigenvalue weighted by molar-refractivity contribution is -0.103. The van der Waals surface area contributed by atoms with Crippen molar-refractivity contribution in [3.05, 3.63) is 48.0 Å². The molecule has 0 radical (unpaired) electrons. The van der Waals surface area contributed by atoms with Crippen molar-refractivity contribution >= 4 is 5.91 Å². The minimum Gasteiger partial charge on any atom is -0.360 e. The number of nitrogens with zero attached hydrogens (tertiary/aromatic N) is 1. The van der Waals surface area contributed by atoms with Gasteiger partial charge >= 0.3 is 0 Å². The number of carbonyl (C=O) groups excluding carboxylic acids is 1. The SMILES string of the molecule is C=CCN(C)C(CCCC)OC1CCC(NC(=O)c2ccc(CF)cc2)CC1. The van der Waals surface area contributed by atoms with E-state index in [-0.39, 0.29) is 24.3 Å². The second kappa shape index (κ2) is 12.0. The van der Waals surface area contributed by atoms with Gasteiger partial charge in [-0.05, 0) is 63.3 Å². The third kappa shape index (κ3) is 7.02. The number of halogens is 1. The lowest BCUT2D eigenvalue weighted by atomic mass is 9.92. The molecule has 5 heteroatoms. The fraction of sp³-hybridized carbons (Fsp3) is 0.609. The molecule has 0 aromatic heterocycles. The molecule has 1 aromatic carbocycles. The maximum atomic E-state index is 12.6. The molecule has 1 aliphatic carbocycles. The van der Waals surface area contributed by atoms with Crippen LogP contribution in [0.1, 0.15) is 67.8 Å². The Morgan fingerprint density at radius 2 is 2.00 bits per heavy atom.